The molecule has 0 atom stereocenters. The third-order valence-electron chi connectivity index (χ3n) is 4.53. The van der Waals surface area contributed by atoms with E-state index >= 15 is 0 Å². The number of rotatable bonds is 17. The highest BCUT2D eigenvalue weighted by Crippen LogP contribution is 2.13. The van der Waals surface area contributed by atoms with Crippen molar-refractivity contribution >= 4 is 11.9 Å². The van der Waals surface area contributed by atoms with Crippen molar-refractivity contribution in [3.8, 4) is 0 Å². The molecule has 0 aliphatic carbocycles. The predicted octanol–water partition coefficient (Wildman–Crippen LogP) is 4.84. The lowest BCUT2D eigenvalue weighted by Crippen LogP contribution is -2.26. The molecule has 0 fully saturated rings. The van der Waals surface area contributed by atoms with Crippen molar-refractivity contribution in [2.45, 2.75) is 110 Å². The van der Waals surface area contributed by atoms with Crippen LogP contribution in [-0.4, -0.2) is 18.5 Å². The van der Waals surface area contributed by atoms with Gasteiger partial charge in [-0.15, -0.1) is 0 Å². The number of aliphatic imine (C=N–C) groups is 2. The van der Waals surface area contributed by atoms with Crippen molar-refractivity contribution < 1.29 is 0 Å². The van der Waals surface area contributed by atoms with Gasteiger partial charge in [-0.25, -0.2) is 0 Å². The van der Waals surface area contributed by atoms with Crippen molar-refractivity contribution in [1.29, 1.82) is 0 Å². The highest BCUT2D eigenvalue weighted by atomic mass is 15.1. The molecule has 6 N–H and O–H groups in total. The molecule has 0 bridgehead atoms. The first-order valence-electron chi connectivity index (χ1n) is 10.6. The van der Waals surface area contributed by atoms with Gasteiger partial charge in [0.15, 0.2) is 5.96 Å². The van der Waals surface area contributed by atoms with Gasteiger partial charge in [-0.3, -0.25) is 4.99 Å². The number of hydrogen-bond donors (Lipinski definition) is 3. The van der Waals surface area contributed by atoms with Gasteiger partial charge in [-0.05, 0) is 6.42 Å². The van der Waals surface area contributed by atoms with E-state index in [9.17, 15) is 0 Å². The number of nitrogens with zero attached hydrogens (tertiary/aromatic N) is 2. The van der Waals surface area contributed by atoms with E-state index in [1.54, 1.807) is 0 Å². The Kier molecular flexibility index (Phi) is 18.1. The van der Waals surface area contributed by atoms with Gasteiger partial charge in [-0.1, -0.05) is 103 Å². The molecule has 0 heterocycles. The van der Waals surface area contributed by atoms with E-state index in [2.05, 4.69) is 16.9 Å². The summed E-state index contributed by atoms with van der Waals surface area (Å²) in [6, 6.07) is 0. The Labute approximate surface area is 155 Å². The molecule has 0 aromatic rings. The summed E-state index contributed by atoms with van der Waals surface area (Å²) in [6.45, 7) is 2.99. The maximum atomic E-state index is 5.54. The minimum Gasteiger partial charge on any atom is -0.370 e. The SMILES string of the molecule is CCCCCCCCCCCCCCCCCCN=C(N)N=C(N)N. The first-order valence-corrected chi connectivity index (χ1v) is 10.6. The lowest BCUT2D eigenvalue weighted by Gasteiger charge is -2.03. The summed E-state index contributed by atoms with van der Waals surface area (Å²) in [5, 5.41) is 0. The molecule has 0 aromatic heterocycles. The van der Waals surface area contributed by atoms with Crippen molar-refractivity contribution in [2.24, 2.45) is 27.2 Å². The Hall–Kier alpha value is -1.26. The Bertz CT molecular complexity index is 335. The quantitative estimate of drug-likeness (QED) is 0.198. The Morgan fingerprint density at radius 1 is 0.560 bits per heavy atom. The zero-order chi connectivity index (χ0) is 18.6. The van der Waals surface area contributed by atoms with E-state index in [1.807, 2.05) is 0 Å². The van der Waals surface area contributed by atoms with E-state index in [0.717, 1.165) is 6.42 Å². The van der Waals surface area contributed by atoms with Crippen LogP contribution in [0, 0.1) is 0 Å². The average molecular weight is 354 g/mol. The molecule has 0 saturated heterocycles. The fraction of sp³-hybridized carbons (Fsp3) is 0.900. The number of nitrogens with two attached hydrogens (primary N) is 3. The van der Waals surface area contributed by atoms with Crippen LogP contribution in [0.25, 0.3) is 0 Å². The maximum Gasteiger partial charge on any atom is 0.218 e. The van der Waals surface area contributed by atoms with Crippen LogP contribution in [0.2, 0.25) is 0 Å². The second kappa shape index (κ2) is 19.1. The standard InChI is InChI=1S/C20H43N5/c1-2-3-4-5-6-7-8-9-10-11-12-13-14-15-16-17-18-24-20(23)25-19(21)22/h2-18H2,1H3,(H6,21,22,23,24,25). The van der Waals surface area contributed by atoms with E-state index in [-0.39, 0.29) is 11.9 Å². The normalized spacial score (nSPS) is 11.6. The lowest BCUT2D eigenvalue weighted by atomic mass is 10.0. The van der Waals surface area contributed by atoms with Gasteiger partial charge in [0, 0.05) is 6.54 Å². The van der Waals surface area contributed by atoms with E-state index in [1.165, 1.54) is 96.3 Å². The summed E-state index contributed by atoms with van der Waals surface area (Å²) in [6.07, 6.45) is 21.9. The van der Waals surface area contributed by atoms with Crippen LogP contribution in [-0.2, 0) is 0 Å². The summed E-state index contributed by atoms with van der Waals surface area (Å²) in [4.78, 5) is 7.80. The van der Waals surface area contributed by atoms with Gasteiger partial charge in [0.05, 0.1) is 0 Å². The third kappa shape index (κ3) is 20.7. The van der Waals surface area contributed by atoms with Crippen molar-refractivity contribution in [1.82, 2.24) is 0 Å². The van der Waals surface area contributed by atoms with Crippen LogP contribution in [0.4, 0.5) is 0 Å². The minimum atomic E-state index is -0.0341. The summed E-state index contributed by atoms with van der Waals surface area (Å²) >= 11 is 0. The van der Waals surface area contributed by atoms with Crippen LogP contribution in [0.1, 0.15) is 110 Å². The molecule has 5 nitrogen and oxygen atoms in total. The molecule has 5 heteroatoms. The van der Waals surface area contributed by atoms with Crippen LogP contribution in [0.15, 0.2) is 9.98 Å². The average Bonchev–Trinajstić information content (AvgIpc) is 2.57. The van der Waals surface area contributed by atoms with Gasteiger partial charge in [0.2, 0.25) is 5.96 Å². The Balaban J connectivity index is 3.16. The molecular formula is C20H43N5. The molecule has 0 aliphatic rings. The van der Waals surface area contributed by atoms with Crippen molar-refractivity contribution in [3.05, 3.63) is 0 Å². The lowest BCUT2D eigenvalue weighted by molar-refractivity contribution is 0.530. The second-order valence-corrected chi connectivity index (χ2v) is 7.08. The summed E-state index contributed by atoms with van der Waals surface area (Å²) in [7, 11) is 0. The topological polar surface area (TPSA) is 103 Å². The number of guanidine groups is 2. The zero-order valence-corrected chi connectivity index (χ0v) is 16.6. The third-order valence-corrected chi connectivity index (χ3v) is 4.53. The molecule has 0 spiro atoms. The van der Waals surface area contributed by atoms with E-state index in [0.29, 0.717) is 6.54 Å². The number of hydrogen-bond acceptors (Lipinski definition) is 1. The van der Waals surface area contributed by atoms with E-state index < -0.39 is 0 Å². The fourth-order valence-corrected chi connectivity index (χ4v) is 3.02. The molecule has 0 aromatic carbocycles. The van der Waals surface area contributed by atoms with Crippen LogP contribution >= 0.6 is 0 Å². The Morgan fingerprint density at radius 2 is 0.920 bits per heavy atom. The zero-order valence-electron chi connectivity index (χ0n) is 16.6. The predicted molar refractivity (Wildman–Crippen MR) is 112 cm³/mol. The van der Waals surface area contributed by atoms with Gasteiger partial charge in [0.25, 0.3) is 0 Å². The van der Waals surface area contributed by atoms with Crippen molar-refractivity contribution in [2.75, 3.05) is 6.54 Å². The molecule has 148 valence electrons. The first kappa shape index (κ1) is 23.7. The second-order valence-electron chi connectivity index (χ2n) is 7.08. The fourth-order valence-electron chi connectivity index (χ4n) is 3.02. The van der Waals surface area contributed by atoms with Gasteiger partial charge >= 0.3 is 0 Å². The molecule has 0 aliphatic heterocycles. The molecular weight excluding hydrogens is 310 g/mol. The Morgan fingerprint density at radius 3 is 1.28 bits per heavy atom. The molecule has 0 rings (SSSR count). The highest BCUT2D eigenvalue weighted by Gasteiger charge is 1.95. The summed E-state index contributed by atoms with van der Waals surface area (Å²) in [5.74, 6) is 0.147. The van der Waals surface area contributed by atoms with Crippen molar-refractivity contribution in [3.63, 3.8) is 0 Å². The van der Waals surface area contributed by atoms with E-state index in [4.69, 9.17) is 17.2 Å². The first-order chi connectivity index (χ1) is 12.2. The molecule has 25 heavy (non-hydrogen) atoms. The van der Waals surface area contributed by atoms with Crippen LogP contribution in [0.5, 0.6) is 0 Å². The van der Waals surface area contributed by atoms with Gasteiger partial charge in [0.1, 0.15) is 0 Å². The largest absolute Gasteiger partial charge is 0.370 e. The summed E-state index contributed by atoms with van der Waals surface area (Å²) < 4.78 is 0. The monoisotopic (exact) mass is 353 g/mol. The molecule has 0 saturated carbocycles. The smallest absolute Gasteiger partial charge is 0.218 e. The molecule has 0 unspecified atom stereocenters. The summed E-state index contributed by atoms with van der Waals surface area (Å²) in [5.41, 5.74) is 16.0. The van der Waals surface area contributed by atoms with Gasteiger partial charge < -0.3 is 17.2 Å². The van der Waals surface area contributed by atoms with Crippen LogP contribution < -0.4 is 17.2 Å². The van der Waals surface area contributed by atoms with Gasteiger partial charge in [-0.2, -0.15) is 4.99 Å². The van der Waals surface area contributed by atoms with Crippen LogP contribution in [0.3, 0.4) is 0 Å². The minimum absolute atomic E-state index is 0.0341. The highest BCUT2D eigenvalue weighted by molar-refractivity contribution is 5.92. The molecule has 0 radical (unpaired) electrons. The maximum absolute atomic E-state index is 5.54. The molecule has 0 amide bonds. The number of unbranched alkanes of at least 4 members (excludes halogenated alkanes) is 15.